The van der Waals surface area contributed by atoms with E-state index in [1.807, 2.05) is 0 Å². The molecule has 0 nitrogen and oxygen atoms in total. The monoisotopic (exact) mass is 168 g/mol. The molecule has 0 atom stereocenters. The van der Waals surface area contributed by atoms with Crippen LogP contribution in [0, 0.1) is 0 Å². The van der Waals surface area contributed by atoms with Crippen LogP contribution in [0.5, 0.6) is 0 Å². The van der Waals surface area contributed by atoms with E-state index in [2.05, 4.69) is 13.8 Å². The van der Waals surface area contributed by atoms with Crippen molar-refractivity contribution in [3.05, 3.63) is 0 Å². The predicted octanol–water partition coefficient (Wildman–Crippen LogP) is 0.232. The Hall–Kier alpha value is 0.818. The average Bonchev–Trinajstić information content (AvgIpc) is 0.918. The molecular formula is C3H11Sb. The zero-order chi connectivity index (χ0) is 2.71. The van der Waals surface area contributed by atoms with Gasteiger partial charge in [-0.2, -0.15) is 0 Å². The molecule has 1 heteroatoms. The van der Waals surface area contributed by atoms with Crippen molar-refractivity contribution in [1.82, 2.24) is 0 Å². The van der Waals surface area contributed by atoms with Gasteiger partial charge in [0.2, 0.25) is 0 Å². The molecule has 0 aromatic rings. The molecule has 28 valence electrons. The second-order valence-electron chi connectivity index (χ2n) is 0.707. The summed E-state index contributed by atoms with van der Waals surface area (Å²) in [5, 5.41) is 0. The molecule has 0 spiro atoms. The molecule has 0 aliphatic carbocycles. The van der Waals surface area contributed by atoms with Crippen LogP contribution in [0.15, 0.2) is 0 Å². The zero-order valence-corrected chi connectivity index (χ0v) is 7.45. The number of hydrogen-bond donors (Lipinski definition) is 0. The molecule has 0 saturated heterocycles. The van der Waals surface area contributed by atoms with E-state index in [-0.39, 0.29) is 24.4 Å². The third kappa shape index (κ3) is 13.9. The Labute approximate surface area is 45.0 Å². The summed E-state index contributed by atoms with van der Waals surface area (Å²) in [7, 11) is 0. The quantitative estimate of drug-likeness (QED) is 0.455. The second-order valence-corrected chi connectivity index (χ2v) is 0.707. The zero-order valence-electron chi connectivity index (χ0n) is 3.41. The minimum absolute atomic E-state index is 0. The maximum atomic E-state index is 2.12. The summed E-state index contributed by atoms with van der Waals surface area (Å²) in [6, 6.07) is 0. The molecule has 0 rings (SSSR count). The van der Waals surface area contributed by atoms with Crippen molar-refractivity contribution in [3.8, 4) is 0 Å². The van der Waals surface area contributed by atoms with Crippen LogP contribution in [0.1, 0.15) is 20.3 Å². The summed E-state index contributed by atoms with van der Waals surface area (Å²) in [5.41, 5.74) is 0. The van der Waals surface area contributed by atoms with E-state index in [9.17, 15) is 0 Å². The molecule has 0 fully saturated rings. The third-order valence-corrected chi connectivity index (χ3v) is 0. The fourth-order valence-corrected chi connectivity index (χ4v) is 0. The Kier molecular flexibility index (Phi) is 20.3. The maximum absolute atomic E-state index is 2.12. The first-order valence-corrected chi connectivity index (χ1v) is 1.41. The van der Waals surface area contributed by atoms with Crippen molar-refractivity contribution in [2.45, 2.75) is 20.3 Å². The van der Waals surface area contributed by atoms with E-state index >= 15 is 0 Å². The van der Waals surface area contributed by atoms with Crippen molar-refractivity contribution in [2.75, 3.05) is 0 Å². The van der Waals surface area contributed by atoms with Crippen molar-refractivity contribution >= 4 is 24.4 Å². The SMILES string of the molecule is CCC.[SbH3]. The van der Waals surface area contributed by atoms with E-state index in [4.69, 9.17) is 0 Å². The van der Waals surface area contributed by atoms with Crippen LogP contribution < -0.4 is 0 Å². The molecule has 0 aromatic heterocycles. The fraction of sp³-hybridized carbons (Fsp3) is 1.00. The second kappa shape index (κ2) is 9.17. The van der Waals surface area contributed by atoms with Gasteiger partial charge in [-0.1, -0.05) is 20.3 Å². The van der Waals surface area contributed by atoms with Crippen molar-refractivity contribution in [2.24, 2.45) is 0 Å². The van der Waals surface area contributed by atoms with E-state index in [0.717, 1.165) is 0 Å². The van der Waals surface area contributed by atoms with Gasteiger partial charge in [0.25, 0.3) is 0 Å². The number of hydrogen-bond acceptors (Lipinski definition) is 0. The molecule has 0 aliphatic rings. The summed E-state index contributed by atoms with van der Waals surface area (Å²) in [6.07, 6.45) is 1.25. The van der Waals surface area contributed by atoms with Crippen LogP contribution in [-0.4, -0.2) is 24.4 Å². The summed E-state index contributed by atoms with van der Waals surface area (Å²) < 4.78 is 0. The molecule has 0 aromatic carbocycles. The van der Waals surface area contributed by atoms with Crippen LogP contribution >= 0.6 is 0 Å². The van der Waals surface area contributed by atoms with Crippen LogP contribution in [0.2, 0.25) is 0 Å². The van der Waals surface area contributed by atoms with Gasteiger partial charge in [0.05, 0.1) is 0 Å². The topological polar surface area (TPSA) is 0 Å². The molecule has 4 heavy (non-hydrogen) atoms. The third-order valence-electron chi connectivity index (χ3n) is 0. The Morgan fingerprint density at radius 1 is 1.25 bits per heavy atom. The summed E-state index contributed by atoms with van der Waals surface area (Å²) in [6.45, 7) is 4.25. The summed E-state index contributed by atoms with van der Waals surface area (Å²) >= 11 is 0. The first-order valence-electron chi connectivity index (χ1n) is 1.41. The molecule has 0 bridgehead atoms. The molecular weight excluding hydrogens is 158 g/mol. The van der Waals surface area contributed by atoms with Crippen molar-refractivity contribution < 1.29 is 0 Å². The first kappa shape index (κ1) is 8.84. The van der Waals surface area contributed by atoms with Gasteiger partial charge in [-0.25, -0.2) is 0 Å². The van der Waals surface area contributed by atoms with Crippen molar-refractivity contribution in [1.29, 1.82) is 0 Å². The Balaban J connectivity index is 0. The summed E-state index contributed by atoms with van der Waals surface area (Å²) in [4.78, 5) is 0. The molecule has 0 heterocycles. The van der Waals surface area contributed by atoms with Gasteiger partial charge in [-0.15, -0.1) is 0 Å². The minimum atomic E-state index is 0. The molecule has 0 N–H and O–H groups in total. The normalized spacial score (nSPS) is 4.50. The van der Waals surface area contributed by atoms with E-state index < -0.39 is 0 Å². The first-order chi connectivity index (χ1) is 1.41. The predicted molar refractivity (Wildman–Crippen MR) is 25.9 cm³/mol. The number of rotatable bonds is 0. The Bertz CT molecular complexity index is 3.25. The van der Waals surface area contributed by atoms with Gasteiger partial charge in [0, 0.05) is 0 Å². The standard InChI is InChI=1S/C3H8.Sb.3H/c1-3-2;;;;/h3H2,1-2H3;;;;. The molecule has 0 amide bonds. The van der Waals surface area contributed by atoms with Gasteiger partial charge in [-0.3, -0.25) is 0 Å². The van der Waals surface area contributed by atoms with E-state index in [1.54, 1.807) is 0 Å². The molecule has 0 unspecified atom stereocenters. The van der Waals surface area contributed by atoms with Gasteiger partial charge in [0.1, 0.15) is 0 Å². The van der Waals surface area contributed by atoms with Crippen LogP contribution in [0.4, 0.5) is 0 Å². The van der Waals surface area contributed by atoms with Gasteiger partial charge < -0.3 is 0 Å². The van der Waals surface area contributed by atoms with E-state index in [1.165, 1.54) is 6.42 Å². The Morgan fingerprint density at radius 2 is 1.25 bits per heavy atom. The molecule has 0 saturated carbocycles. The van der Waals surface area contributed by atoms with Crippen molar-refractivity contribution in [3.63, 3.8) is 0 Å². The van der Waals surface area contributed by atoms with Crippen LogP contribution in [-0.2, 0) is 0 Å². The Morgan fingerprint density at radius 3 is 1.25 bits per heavy atom. The fourth-order valence-electron chi connectivity index (χ4n) is 0. The van der Waals surface area contributed by atoms with Gasteiger partial charge >= 0.3 is 24.4 Å². The van der Waals surface area contributed by atoms with Gasteiger partial charge in [0.15, 0.2) is 0 Å². The van der Waals surface area contributed by atoms with E-state index in [0.29, 0.717) is 0 Å². The molecule has 0 radical (unpaired) electrons. The molecule has 0 aliphatic heterocycles. The van der Waals surface area contributed by atoms with Gasteiger partial charge in [-0.05, 0) is 0 Å². The average molecular weight is 169 g/mol. The van der Waals surface area contributed by atoms with Crippen LogP contribution in [0.25, 0.3) is 0 Å². The van der Waals surface area contributed by atoms with Crippen LogP contribution in [0.3, 0.4) is 0 Å². The summed E-state index contributed by atoms with van der Waals surface area (Å²) in [5.74, 6) is 0.